The van der Waals surface area contributed by atoms with Gasteiger partial charge in [-0.1, -0.05) is 11.6 Å². The van der Waals surface area contributed by atoms with Crippen LogP contribution in [0.3, 0.4) is 0 Å². The van der Waals surface area contributed by atoms with Crippen LogP contribution in [0.1, 0.15) is 23.0 Å². The zero-order valence-corrected chi connectivity index (χ0v) is 15.1. The number of pyridine rings is 1. The van der Waals surface area contributed by atoms with Crippen molar-refractivity contribution in [1.82, 2.24) is 10.3 Å². The number of hydrogen-bond acceptors (Lipinski definition) is 6. The van der Waals surface area contributed by atoms with E-state index in [9.17, 15) is 19.8 Å². The van der Waals surface area contributed by atoms with Crippen LogP contribution in [0, 0.1) is 11.3 Å². The Labute approximate surface area is 160 Å². The van der Waals surface area contributed by atoms with E-state index >= 15 is 0 Å². The van der Waals surface area contributed by atoms with Gasteiger partial charge in [0.15, 0.2) is 0 Å². The molecular weight excluding hydrogens is 372 g/mol. The number of nitrogens with zero attached hydrogens (tertiary/aromatic N) is 2. The van der Waals surface area contributed by atoms with E-state index in [2.05, 4.69) is 15.6 Å². The normalized spacial score (nSPS) is 12.5. The molecule has 0 aliphatic carbocycles. The molecule has 0 aliphatic heterocycles. The molecule has 0 spiro atoms. The highest BCUT2D eigenvalue weighted by Gasteiger charge is 2.26. The molecule has 2 amide bonds. The van der Waals surface area contributed by atoms with Gasteiger partial charge in [-0.3, -0.25) is 14.6 Å². The van der Waals surface area contributed by atoms with Crippen molar-refractivity contribution in [2.45, 2.75) is 18.9 Å². The molecule has 1 atom stereocenters. The lowest BCUT2D eigenvalue weighted by molar-refractivity contribution is -0.115. The molecule has 2 aromatic rings. The van der Waals surface area contributed by atoms with Crippen molar-refractivity contribution in [2.24, 2.45) is 0 Å². The Kier molecular flexibility index (Phi) is 6.34. The Balaban J connectivity index is 2.09. The zero-order valence-electron chi connectivity index (χ0n) is 14.4. The molecular formula is C18H17ClN4O4. The van der Waals surface area contributed by atoms with Crippen LogP contribution in [-0.2, 0) is 11.2 Å². The first-order valence-corrected chi connectivity index (χ1v) is 8.22. The van der Waals surface area contributed by atoms with Gasteiger partial charge in [-0.05, 0) is 37.3 Å². The van der Waals surface area contributed by atoms with Crippen LogP contribution in [0.2, 0.25) is 5.02 Å². The van der Waals surface area contributed by atoms with E-state index in [1.807, 2.05) is 0 Å². The van der Waals surface area contributed by atoms with Crippen molar-refractivity contribution < 1.29 is 19.8 Å². The predicted molar refractivity (Wildman–Crippen MR) is 98.3 cm³/mol. The molecule has 8 nitrogen and oxygen atoms in total. The summed E-state index contributed by atoms with van der Waals surface area (Å²) in [5, 5.41) is 33.3. The molecule has 1 aromatic carbocycles. The van der Waals surface area contributed by atoms with Crippen LogP contribution in [0.5, 0.6) is 5.75 Å². The van der Waals surface area contributed by atoms with E-state index in [1.165, 1.54) is 43.5 Å². The molecule has 0 unspecified atom stereocenters. The fourth-order valence-electron chi connectivity index (χ4n) is 2.12. The first-order chi connectivity index (χ1) is 12.8. The second-order valence-electron chi connectivity index (χ2n) is 5.98. The summed E-state index contributed by atoms with van der Waals surface area (Å²) in [5.41, 5.74) is -0.806. The zero-order chi connectivity index (χ0) is 20.0. The SMILES string of the molecule is C[C@](C#N)(CO)NC(=O)c1cc(NC(=O)Cc2cc(Cl)ccc2O)ccn1. The Morgan fingerprint density at radius 1 is 1.33 bits per heavy atom. The summed E-state index contributed by atoms with van der Waals surface area (Å²) in [6, 6.07) is 9.01. The summed E-state index contributed by atoms with van der Waals surface area (Å²) < 4.78 is 0. The second-order valence-corrected chi connectivity index (χ2v) is 6.42. The van der Waals surface area contributed by atoms with E-state index < -0.39 is 24.0 Å². The number of carbonyl (C=O) groups excluding carboxylic acids is 2. The van der Waals surface area contributed by atoms with Gasteiger partial charge in [-0.25, -0.2) is 0 Å². The number of anilines is 1. The number of nitrogens with one attached hydrogen (secondary N) is 2. The maximum Gasteiger partial charge on any atom is 0.271 e. The number of aromatic hydroxyl groups is 1. The molecule has 0 saturated carbocycles. The smallest absolute Gasteiger partial charge is 0.271 e. The molecule has 0 saturated heterocycles. The van der Waals surface area contributed by atoms with Crippen LogP contribution in [0.15, 0.2) is 36.5 Å². The molecule has 0 radical (unpaired) electrons. The van der Waals surface area contributed by atoms with Crippen molar-refractivity contribution >= 4 is 29.1 Å². The molecule has 1 aromatic heterocycles. The average molecular weight is 389 g/mol. The van der Waals surface area contributed by atoms with Crippen LogP contribution < -0.4 is 10.6 Å². The van der Waals surface area contributed by atoms with Crippen molar-refractivity contribution in [1.29, 1.82) is 5.26 Å². The van der Waals surface area contributed by atoms with E-state index in [0.29, 0.717) is 16.3 Å². The first-order valence-electron chi connectivity index (χ1n) is 7.84. The lowest BCUT2D eigenvalue weighted by Gasteiger charge is -2.20. The van der Waals surface area contributed by atoms with Gasteiger partial charge < -0.3 is 20.8 Å². The number of amides is 2. The fourth-order valence-corrected chi connectivity index (χ4v) is 2.32. The number of halogens is 1. The van der Waals surface area contributed by atoms with Gasteiger partial charge >= 0.3 is 0 Å². The van der Waals surface area contributed by atoms with Crippen molar-refractivity contribution in [3.8, 4) is 11.8 Å². The van der Waals surface area contributed by atoms with Crippen LogP contribution in [0.25, 0.3) is 0 Å². The Hall–Kier alpha value is -3.15. The highest BCUT2D eigenvalue weighted by atomic mass is 35.5. The molecule has 1 heterocycles. The molecule has 2 rings (SSSR count). The van der Waals surface area contributed by atoms with Crippen LogP contribution in [-0.4, -0.2) is 39.2 Å². The summed E-state index contributed by atoms with van der Waals surface area (Å²) in [7, 11) is 0. The highest BCUT2D eigenvalue weighted by molar-refractivity contribution is 6.30. The summed E-state index contributed by atoms with van der Waals surface area (Å²) in [6.07, 6.45) is 1.21. The molecule has 0 fully saturated rings. The lowest BCUT2D eigenvalue weighted by atomic mass is 10.1. The van der Waals surface area contributed by atoms with E-state index in [1.54, 1.807) is 6.07 Å². The minimum absolute atomic E-state index is 0.0340. The number of benzene rings is 1. The van der Waals surface area contributed by atoms with Crippen molar-refractivity contribution in [3.63, 3.8) is 0 Å². The third-order valence-corrected chi connectivity index (χ3v) is 3.86. The topological polar surface area (TPSA) is 135 Å². The number of aromatic nitrogens is 1. The Bertz CT molecular complexity index is 912. The number of rotatable bonds is 6. The largest absolute Gasteiger partial charge is 0.508 e. The second kappa shape index (κ2) is 8.49. The third-order valence-electron chi connectivity index (χ3n) is 3.62. The van der Waals surface area contributed by atoms with Gasteiger partial charge in [0.05, 0.1) is 19.1 Å². The van der Waals surface area contributed by atoms with Gasteiger partial charge in [0.2, 0.25) is 5.91 Å². The summed E-state index contributed by atoms with van der Waals surface area (Å²) in [6.45, 7) is 0.808. The number of carbonyl (C=O) groups is 2. The standard InChI is InChI=1S/C18H17ClN4O4/c1-18(9-20,10-24)23-17(27)14-8-13(4-5-21-14)22-16(26)7-11-6-12(19)2-3-15(11)25/h2-6,8,24-25H,7,10H2,1H3,(H,23,27)(H,21,22,26)/t18-/m0/s1. The van der Waals surface area contributed by atoms with Gasteiger partial charge in [0, 0.05) is 22.5 Å². The summed E-state index contributed by atoms with van der Waals surface area (Å²) in [5.74, 6) is -1.15. The minimum atomic E-state index is -1.44. The van der Waals surface area contributed by atoms with Crippen molar-refractivity contribution in [2.75, 3.05) is 11.9 Å². The molecule has 0 bridgehead atoms. The molecule has 9 heteroatoms. The summed E-state index contributed by atoms with van der Waals surface area (Å²) in [4.78, 5) is 28.3. The van der Waals surface area contributed by atoms with E-state index in [-0.39, 0.29) is 17.9 Å². The molecule has 0 aliphatic rings. The molecule has 4 N–H and O–H groups in total. The Morgan fingerprint density at radius 3 is 2.74 bits per heavy atom. The van der Waals surface area contributed by atoms with E-state index in [4.69, 9.17) is 16.9 Å². The van der Waals surface area contributed by atoms with Gasteiger partial charge in [0.1, 0.15) is 17.0 Å². The lowest BCUT2D eigenvalue weighted by Crippen LogP contribution is -2.47. The number of nitriles is 1. The first kappa shape index (κ1) is 20.2. The number of hydrogen-bond donors (Lipinski definition) is 4. The van der Waals surface area contributed by atoms with Gasteiger partial charge in [0.25, 0.3) is 5.91 Å². The quantitative estimate of drug-likeness (QED) is 0.593. The maximum atomic E-state index is 12.2. The number of aliphatic hydroxyl groups is 1. The van der Waals surface area contributed by atoms with Crippen LogP contribution in [0.4, 0.5) is 5.69 Å². The maximum absolute atomic E-state index is 12.2. The summed E-state index contributed by atoms with van der Waals surface area (Å²) >= 11 is 5.86. The third kappa shape index (κ3) is 5.41. The van der Waals surface area contributed by atoms with Gasteiger partial charge in [-0.2, -0.15) is 5.26 Å². The van der Waals surface area contributed by atoms with Gasteiger partial charge in [-0.15, -0.1) is 0 Å². The minimum Gasteiger partial charge on any atom is -0.508 e. The van der Waals surface area contributed by atoms with E-state index in [0.717, 1.165) is 0 Å². The highest BCUT2D eigenvalue weighted by Crippen LogP contribution is 2.22. The molecule has 140 valence electrons. The number of phenols is 1. The predicted octanol–water partition coefficient (Wildman–Crippen LogP) is 1.63. The Morgan fingerprint density at radius 2 is 2.07 bits per heavy atom. The fraction of sp³-hybridized carbons (Fsp3) is 0.222. The molecule has 27 heavy (non-hydrogen) atoms. The number of phenolic OH excluding ortho intramolecular Hbond substituents is 1. The van der Waals surface area contributed by atoms with Crippen molar-refractivity contribution in [3.05, 3.63) is 52.8 Å². The average Bonchev–Trinajstić information content (AvgIpc) is 2.64. The van der Waals surface area contributed by atoms with Crippen LogP contribution >= 0.6 is 11.6 Å². The monoisotopic (exact) mass is 388 g/mol. The number of aliphatic hydroxyl groups excluding tert-OH is 1.